The molecule has 4 nitrogen and oxygen atoms in total. The van der Waals surface area contributed by atoms with Crippen LogP contribution in [0.4, 0.5) is 0 Å². The minimum atomic E-state index is 0.0859. The van der Waals surface area contributed by atoms with E-state index in [0.717, 1.165) is 25.1 Å². The predicted octanol–water partition coefficient (Wildman–Crippen LogP) is 3.11. The zero-order valence-corrected chi connectivity index (χ0v) is 13.2. The molecule has 0 spiro atoms. The van der Waals surface area contributed by atoms with Crippen molar-refractivity contribution in [3.63, 3.8) is 0 Å². The molecule has 0 radical (unpaired) electrons. The number of phenols is 1. The van der Waals surface area contributed by atoms with E-state index in [0.29, 0.717) is 5.75 Å². The lowest BCUT2D eigenvalue weighted by Gasteiger charge is -2.27. The summed E-state index contributed by atoms with van der Waals surface area (Å²) in [4.78, 5) is 0. The fourth-order valence-electron chi connectivity index (χ4n) is 2.02. The molecule has 2 N–H and O–H groups in total. The highest BCUT2D eigenvalue weighted by molar-refractivity contribution is 5.41. The molecule has 0 heterocycles. The number of rotatable bonds is 8. The van der Waals surface area contributed by atoms with Crippen LogP contribution in [0.3, 0.4) is 0 Å². The maximum Gasteiger partial charge on any atom is 0.124 e. The summed E-state index contributed by atoms with van der Waals surface area (Å²) >= 11 is 0. The Morgan fingerprint density at radius 3 is 2.55 bits per heavy atom. The van der Waals surface area contributed by atoms with Crippen molar-refractivity contribution in [3.05, 3.63) is 23.8 Å². The van der Waals surface area contributed by atoms with Crippen LogP contribution in [-0.4, -0.2) is 32.5 Å². The Hall–Kier alpha value is -1.26. The summed E-state index contributed by atoms with van der Waals surface area (Å²) in [6.07, 6.45) is 0.998. The van der Waals surface area contributed by atoms with Crippen LogP contribution in [0.2, 0.25) is 0 Å². The molecule has 0 aliphatic carbocycles. The van der Waals surface area contributed by atoms with Gasteiger partial charge in [-0.2, -0.15) is 0 Å². The molecular weight excluding hydrogens is 254 g/mol. The fraction of sp³-hybridized carbons (Fsp3) is 0.625. The normalized spacial score (nSPS) is 13.2. The summed E-state index contributed by atoms with van der Waals surface area (Å²) in [6.45, 7) is 8.09. The summed E-state index contributed by atoms with van der Waals surface area (Å²) in [5, 5.41) is 13.5. The first kappa shape index (κ1) is 16.8. The van der Waals surface area contributed by atoms with E-state index in [-0.39, 0.29) is 17.2 Å². The smallest absolute Gasteiger partial charge is 0.124 e. The molecule has 114 valence electrons. The average molecular weight is 281 g/mol. The number of methoxy groups -OCH3 is 2. The highest BCUT2D eigenvalue weighted by Gasteiger charge is 2.19. The minimum absolute atomic E-state index is 0.0859. The van der Waals surface area contributed by atoms with Crippen LogP contribution in [0.15, 0.2) is 18.2 Å². The van der Waals surface area contributed by atoms with E-state index in [1.165, 1.54) is 0 Å². The molecule has 1 aromatic rings. The Morgan fingerprint density at radius 1 is 1.30 bits per heavy atom. The topological polar surface area (TPSA) is 50.7 Å². The number of ether oxygens (including phenoxy) is 2. The van der Waals surface area contributed by atoms with Gasteiger partial charge in [0.2, 0.25) is 0 Å². The second-order valence-electron chi connectivity index (χ2n) is 5.93. The van der Waals surface area contributed by atoms with Gasteiger partial charge in [-0.1, -0.05) is 19.9 Å². The van der Waals surface area contributed by atoms with Gasteiger partial charge in [-0.25, -0.2) is 0 Å². The molecule has 0 bridgehead atoms. The second kappa shape index (κ2) is 7.50. The van der Waals surface area contributed by atoms with E-state index in [4.69, 9.17) is 9.47 Å². The molecule has 0 saturated carbocycles. The fourth-order valence-corrected chi connectivity index (χ4v) is 2.02. The molecule has 1 unspecified atom stereocenters. The van der Waals surface area contributed by atoms with Crippen molar-refractivity contribution >= 4 is 0 Å². The Bertz CT molecular complexity index is 418. The Morgan fingerprint density at radius 2 is 2.00 bits per heavy atom. The third kappa shape index (κ3) is 5.02. The van der Waals surface area contributed by atoms with Gasteiger partial charge in [0.25, 0.3) is 0 Å². The number of hydrogen-bond acceptors (Lipinski definition) is 4. The number of nitrogens with one attached hydrogen (secondary N) is 1. The highest BCUT2D eigenvalue weighted by Crippen LogP contribution is 2.29. The van der Waals surface area contributed by atoms with Gasteiger partial charge < -0.3 is 19.9 Å². The third-order valence-electron chi connectivity index (χ3n) is 3.57. The first-order valence-electron chi connectivity index (χ1n) is 6.99. The van der Waals surface area contributed by atoms with Gasteiger partial charge in [0.1, 0.15) is 11.5 Å². The number of aromatic hydroxyl groups is 1. The maximum absolute atomic E-state index is 10.0. The SMILES string of the molecule is COCCC(C)(C)CNC(C)c1ccc(OC)cc1O. The van der Waals surface area contributed by atoms with Gasteiger partial charge in [-0.15, -0.1) is 0 Å². The van der Waals surface area contributed by atoms with Crippen LogP contribution in [0.1, 0.15) is 38.8 Å². The van der Waals surface area contributed by atoms with E-state index in [2.05, 4.69) is 19.2 Å². The third-order valence-corrected chi connectivity index (χ3v) is 3.57. The Kier molecular flexibility index (Phi) is 6.30. The average Bonchev–Trinajstić information content (AvgIpc) is 2.42. The van der Waals surface area contributed by atoms with Crippen molar-refractivity contribution in [2.75, 3.05) is 27.4 Å². The lowest BCUT2D eigenvalue weighted by atomic mass is 9.89. The van der Waals surface area contributed by atoms with Crippen molar-refractivity contribution in [1.82, 2.24) is 5.32 Å². The first-order chi connectivity index (χ1) is 9.39. The van der Waals surface area contributed by atoms with Crippen LogP contribution >= 0.6 is 0 Å². The van der Waals surface area contributed by atoms with Crippen LogP contribution in [0.5, 0.6) is 11.5 Å². The lowest BCUT2D eigenvalue weighted by molar-refractivity contribution is 0.149. The van der Waals surface area contributed by atoms with Crippen LogP contribution in [0, 0.1) is 5.41 Å². The molecule has 0 amide bonds. The zero-order chi connectivity index (χ0) is 15.2. The number of hydrogen-bond donors (Lipinski definition) is 2. The summed E-state index contributed by atoms with van der Waals surface area (Å²) < 4.78 is 10.2. The summed E-state index contributed by atoms with van der Waals surface area (Å²) in [5.74, 6) is 0.929. The van der Waals surface area contributed by atoms with Crippen molar-refractivity contribution < 1.29 is 14.6 Å². The molecule has 1 aromatic carbocycles. The van der Waals surface area contributed by atoms with Crippen molar-refractivity contribution in [2.45, 2.75) is 33.2 Å². The van der Waals surface area contributed by atoms with Crippen molar-refractivity contribution in [1.29, 1.82) is 0 Å². The van der Waals surface area contributed by atoms with E-state index >= 15 is 0 Å². The van der Waals surface area contributed by atoms with Gasteiger partial charge in [0, 0.05) is 37.9 Å². The van der Waals surface area contributed by atoms with Crippen molar-refractivity contribution in [3.8, 4) is 11.5 Å². The summed E-state index contributed by atoms with van der Waals surface area (Å²) in [6, 6.07) is 5.49. The Labute approximate surface area is 122 Å². The lowest BCUT2D eigenvalue weighted by Crippen LogP contribution is -2.32. The van der Waals surface area contributed by atoms with Crippen LogP contribution in [0.25, 0.3) is 0 Å². The Balaban J connectivity index is 2.60. The quantitative estimate of drug-likeness (QED) is 0.768. The highest BCUT2D eigenvalue weighted by atomic mass is 16.5. The number of phenolic OH excluding ortho intramolecular Hbond substituents is 1. The van der Waals surface area contributed by atoms with Crippen LogP contribution < -0.4 is 10.1 Å². The van der Waals surface area contributed by atoms with Gasteiger partial charge >= 0.3 is 0 Å². The largest absolute Gasteiger partial charge is 0.507 e. The van der Waals surface area contributed by atoms with E-state index < -0.39 is 0 Å². The van der Waals surface area contributed by atoms with Crippen LogP contribution in [-0.2, 0) is 4.74 Å². The molecule has 0 saturated heterocycles. The molecular formula is C16H27NO3. The van der Waals surface area contributed by atoms with Gasteiger partial charge in [0.05, 0.1) is 7.11 Å². The molecule has 1 rings (SSSR count). The predicted molar refractivity (Wildman–Crippen MR) is 81.4 cm³/mol. The van der Waals surface area contributed by atoms with Gasteiger partial charge in [-0.05, 0) is 24.8 Å². The molecule has 0 aliphatic heterocycles. The molecule has 4 heteroatoms. The molecule has 20 heavy (non-hydrogen) atoms. The number of benzene rings is 1. The zero-order valence-electron chi connectivity index (χ0n) is 13.2. The minimum Gasteiger partial charge on any atom is -0.507 e. The van der Waals surface area contributed by atoms with E-state index in [1.54, 1.807) is 20.3 Å². The standard InChI is InChI=1S/C16H27NO3/c1-12(17-11-16(2,3)8-9-19-4)14-7-6-13(20-5)10-15(14)18/h6-7,10,12,17-18H,8-9,11H2,1-5H3. The molecule has 1 atom stereocenters. The first-order valence-corrected chi connectivity index (χ1v) is 6.99. The van der Waals surface area contributed by atoms with E-state index in [1.807, 2.05) is 19.1 Å². The van der Waals surface area contributed by atoms with Crippen molar-refractivity contribution in [2.24, 2.45) is 5.41 Å². The summed E-state index contributed by atoms with van der Waals surface area (Å²) in [7, 11) is 3.32. The van der Waals surface area contributed by atoms with Gasteiger partial charge in [-0.3, -0.25) is 0 Å². The monoisotopic (exact) mass is 281 g/mol. The maximum atomic E-state index is 10.0. The molecule has 0 aliphatic rings. The molecule has 0 aromatic heterocycles. The van der Waals surface area contributed by atoms with E-state index in [9.17, 15) is 5.11 Å². The summed E-state index contributed by atoms with van der Waals surface area (Å²) in [5.41, 5.74) is 1.04. The second-order valence-corrected chi connectivity index (χ2v) is 5.93. The van der Waals surface area contributed by atoms with Gasteiger partial charge in [0.15, 0.2) is 0 Å². The molecule has 0 fully saturated rings.